The first-order valence-corrected chi connectivity index (χ1v) is 10.3. The van der Waals surface area contributed by atoms with Gasteiger partial charge >= 0.3 is 0 Å². The number of carbonyl (C=O) groups excluding carboxylic acids is 1. The van der Waals surface area contributed by atoms with Gasteiger partial charge in [-0.2, -0.15) is 5.26 Å². The maximum atomic E-state index is 12.7. The number of benzene rings is 3. The maximum absolute atomic E-state index is 12.7. The Kier molecular flexibility index (Phi) is 5.73. The van der Waals surface area contributed by atoms with Gasteiger partial charge < -0.3 is 5.32 Å². The zero-order valence-corrected chi connectivity index (χ0v) is 17.1. The molecule has 5 nitrogen and oxygen atoms in total. The second-order valence-corrected chi connectivity index (χ2v) is 8.03. The van der Waals surface area contributed by atoms with E-state index in [1.807, 2.05) is 61.5 Å². The largest absolute Gasteiger partial charge is 0.325 e. The number of hydrogen-bond donors (Lipinski definition) is 1. The minimum atomic E-state index is -0.374. The van der Waals surface area contributed by atoms with Gasteiger partial charge in [-0.25, -0.2) is 0 Å². The van der Waals surface area contributed by atoms with Crippen LogP contribution >= 0.6 is 11.8 Å². The van der Waals surface area contributed by atoms with Gasteiger partial charge in [0.2, 0.25) is 5.91 Å². The molecule has 0 aliphatic rings. The predicted molar refractivity (Wildman–Crippen MR) is 120 cm³/mol. The average Bonchev–Trinajstić information content (AvgIpc) is 2.80. The Bertz CT molecular complexity index is 1230. The first-order valence-electron chi connectivity index (χ1n) is 9.44. The van der Waals surface area contributed by atoms with Crippen molar-refractivity contribution >= 4 is 34.1 Å². The molecule has 0 unspecified atom stereocenters. The van der Waals surface area contributed by atoms with Gasteiger partial charge in [0.15, 0.2) is 0 Å². The molecule has 0 bridgehead atoms. The minimum absolute atomic E-state index is 0.136. The van der Waals surface area contributed by atoms with E-state index in [2.05, 4.69) is 21.6 Å². The lowest BCUT2D eigenvalue weighted by Crippen LogP contribution is -2.22. The van der Waals surface area contributed by atoms with Crippen LogP contribution in [0.3, 0.4) is 0 Å². The lowest BCUT2D eigenvalue weighted by atomic mass is 10.1. The Morgan fingerprint density at radius 3 is 2.30 bits per heavy atom. The van der Waals surface area contributed by atoms with E-state index in [1.165, 1.54) is 11.8 Å². The van der Waals surface area contributed by atoms with Crippen LogP contribution in [0.1, 0.15) is 12.5 Å². The van der Waals surface area contributed by atoms with Gasteiger partial charge in [0.1, 0.15) is 10.7 Å². The van der Waals surface area contributed by atoms with E-state index >= 15 is 0 Å². The molecule has 30 heavy (non-hydrogen) atoms. The molecule has 0 fully saturated rings. The number of rotatable bonds is 5. The van der Waals surface area contributed by atoms with E-state index in [0.717, 1.165) is 22.0 Å². The Balaban J connectivity index is 1.57. The summed E-state index contributed by atoms with van der Waals surface area (Å²) in [5.41, 5.74) is 3.03. The molecule has 4 rings (SSSR count). The molecular formula is C24H18N4OS. The third-order valence-corrected chi connectivity index (χ3v) is 5.73. The molecule has 1 N–H and O–H groups in total. The van der Waals surface area contributed by atoms with Gasteiger partial charge in [-0.1, -0.05) is 66.4 Å². The highest BCUT2D eigenvalue weighted by atomic mass is 32.2. The van der Waals surface area contributed by atoms with Gasteiger partial charge in [-0.05, 0) is 31.2 Å². The molecule has 0 aliphatic heterocycles. The molecule has 0 aliphatic carbocycles. The Labute approximate surface area is 178 Å². The van der Waals surface area contributed by atoms with Gasteiger partial charge in [-0.15, -0.1) is 10.2 Å². The van der Waals surface area contributed by atoms with Crippen molar-refractivity contribution in [3.8, 4) is 17.3 Å². The molecule has 1 atom stereocenters. The van der Waals surface area contributed by atoms with Gasteiger partial charge in [-0.3, -0.25) is 4.79 Å². The highest BCUT2D eigenvalue weighted by molar-refractivity contribution is 8.00. The second kappa shape index (κ2) is 8.76. The fourth-order valence-electron chi connectivity index (χ4n) is 3.07. The molecule has 0 spiro atoms. The molecule has 0 radical (unpaired) electrons. The number of fused-ring (bicyclic) bond motifs is 1. The Morgan fingerprint density at radius 1 is 0.933 bits per heavy atom. The predicted octanol–water partition coefficient (Wildman–Crippen LogP) is 5.29. The maximum Gasteiger partial charge on any atom is 0.237 e. The number of nitriles is 1. The Morgan fingerprint density at radius 2 is 1.60 bits per heavy atom. The van der Waals surface area contributed by atoms with Crippen molar-refractivity contribution in [1.29, 1.82) is 5.26 Å². The fraction of sp³-hybridized carbons (Fsp3) is 0.0833. The zero-order valence-electron chi connectivity index (χ0n) is 16.2. The third kappa shape index (κ3) is 4.17. The topological polar surface area (TPSA) is 78.7 Å². The number of aromatic nitrogens is 2. The van der Waals surface area contributed by atoms with Crippen molar-refractivity contribution in [2.75, 3.05) is 5.32 Å². The van der Waals surface area contributed by atoms with E-state index in [0.29, 0.717) is 16.3 Å². The number of nitrogens with zero attached hydrogens (tertiary/aromatic N) is 3. The quantitative estimate of drug-likeness (QED) is 0.452. The molecule has 3 aromatic carbocycles. The highest BCUT2D eigenvalue weighted by Gasteiger charge is 2.19. The number of anilines is 1. The van der Waals surface area contributed by atoms with E-state index in [4.69, 9.17) is 5.26 Å². The lowest BCUT2D eigenvalue weighted by molar-refractivity contribution is -0.115. The minimum Gasteiger partial charge on any atom is -0.325 e. The molecule has 4 aromatic rings. The average molecular weight is 411 g/mol. The number of thioether (sulfide) groups is 1. The summed E-state index contributed by atoms with van der Waals surface area (Å²) in [6, 6.07) is 26.8. The number of carbonyl (C=O) groups is 1. The van der Waals surface area contributed by atoms with Crippen LogP contribution in [-0.4, -0.2) is 21.4 Å². The summed E-state index contributed by atoms with van der Waals surface area (Å²) < 4.78 is 0. The van der Waals surface area contributed by atoms with Crippen LogP contribution in [0.2, 0.25) is 0 Å². The van der Waals surface area contributed by atoms with Gasteiger partial charge in [0, 0.05) is 22.0 Å². The lowest BCUT2D eigenvalue weighted by Gasteiger charge is -2.14. The molecule has 0 saturated carbocycles. The van der Waals surface area contributed by atoms with Crippen molar-refractivity contribution in [1.82, 2.24) is 10.2 Å². The fourth-order valence-corrected chi connectivity index (χ4v) is 3.96. The van der Waals surface area contributed by atoms with Crippen molar-refractivity contribution < 1.29 is 4.79 Å². The monoisotopic (exact) mass is 410 g/mol. The summed E-state index contributed by atoms with van der Waals surface area (Å²) in [6.07, 6.45) is 0. The van der Waals surface area contributed by atoms with Crippen LogP contribution in [0.4, 0.5) is 5.69 Å². The van der Waals surface area contributed by atoms with Crippen LogP contribution in [0.15, 0.2) is 83.9 Å². The first kappa shape index (κ1) is 19.6. The van der Waals surface area contributed by atoms with E-state index in [9.17, 15) is 4.79 Å². The van der Waals surface area contributed by atoms with Gasteiger partial charge in [0.25, 0.3) is 0 Å². The SMILES string of the molecule is C[C@@H](Sc1nnc(-c2ccccc2)c2ccccc12)C(=O)Nc1ccc(C#N)cc1. The zero-order chi connectivity index (χ0) is 20.9. The van der Waals surface area contributed by atoms with Crippen molar-refractivity contribution in [3.63, 3.8) is 0 Å². The van der Waals surface area contributed by atoms with Crippen LogP contribution in [0.5, 0.6) is 0 Å². The smallest absolute Gasteiger partial charge is 0.237 e. The number of amides is 1. The molecule has 1 amide bonds. The summed E-state index contributed by atoms with van der Waals surface area (Å²) in [4.78, 5) is 12.7. The van der Waals surface area contributed by atoms with Gasteiger partial charge in [0.05, 0.1) is 16.9 Å². The van der Waals surface area contributed by atoms with Crippen LogP contribution in [0.25, 0.3) is 22.0 Å². The summed E-state index contributed by atoms with van der Waals surface area (Å²) in [6.45, 7) is 1.84. The first-order chi connectivity index (χ1) is 14.7. The molecule has 0 saturated heterocycles. The van der Waals surface area contributed by atoms with E-state index < -0.39 is 0 Å². The normalized spacial score (nSPS) is 11.6. The van der Waals surface area contributed by atoms with Crippen LogP contribution < -0.4 is 5.32 Å². The van der Waals surface area contributed by atoms with Crippen molar-refractivity contribution in [2.45, 2.75) is 17.2 Å². The van der Waals surface area contributed by atoms with Crippen molar-refractivity contribution in [2.24, 2.45) is 0 Å². The second-order valence-electron chi connectivity index (χ2n) is 6.70. The molecule has 1 aromatic heterocycles. The van der Waals surface area contributed by atoms with E-state index in [-0.39, 0.29) is 11.2 Å². The summed E-state index contributed by atoms with van der Waals surface area (Å²) in [5.74, 6) is -0.136. The third-order valence-electron chi connectivity index (χ3n) is 4.64. The summed E-state index contributed by atoms with van der Waals surface area (Å²) >= 11 is 1.37. The van der Waals surface area contributed by atoms with Crippen LogP contribution in [0, 0.1) is 11.3 Å². The van der Waals surface area contributed by atoms with Crippen molar-refractivity contribution in [3.05, 3.63) is 84.4 Å². The highest BCUT2D eigenvalue weighted by Crippen LogP contribution is 2.33. The molecule has 1 heterocycles. The Hall–Kier alpha value is -3.69. The molecule has 146 valence electrons. The number of nitrogens with one attached hydrogen (secondary N) is 1. The van der Waals surface area contributed by atoms with Crippen LogP contribution in [-0.2, 0) is 4.79 Å². The summed E-state index contributed by atoms with van der Waals surface area (Å²) in [5, 5.41) is 23.0. The van der Waals surface area contributed by atoms with E-state index in [1.54, 1.807) is 24.3 Å². The summed E-state index contributed by atoms with van der Waals surface area (Å²) in [7, 11) is 0. The molecular weight excluding hydrogens is 392 g/mol. The number of hydrogen-bond acceptors (Lipinski definition) is 5. The molecule has 6 heteroatoms. The standard InChI is InChI=1S/C24H18N4OS/c1-16(23(29)26-19-13-11-17(15-25)12-14-19)30-24-21-10-6-5-9-20(21)22(27-28-24)18-7-3-2-4-8-18/h2-14,16H,1H3,(H,26,29)/t16-/m1/s1.